The molecule has 3 N–H and O–H groups in total. The zero-order chi connectivity index (χ0) is 16.4. The number of hydrogen-bond acceptors (Lipinski definition) is 3. The molecule has 0 aliphatic heterocycles. The van der Waals surface area contributed by atoms with Gasteiger partial charge in [-0.1, -0.05) is 27.7 Å². The summed E-state index contributed by atoms with van der Waals surface area (Å²) in [6, 6.07) is 1.67. The summed E-state index contributed by atoms with van der Waals surface area (Å²) in [4.78, 5) is -0.758. The first kappa shape index (κ1) is 17.8. The molecule has 0 fully saturated rings. The van der Waals surface area contributed by atoms with Crippen molar-refractivity contribution in [3.63, 3.8) is 0 Å². The molecule has 1 rings (SSSR count). The minimum atomic E-state index is -4.14. The highest BCUT2D eigenvalue weighted by atomic mass is 32.2. The quantitative estimate of drug-likeness (QED) is 0.792. The molecule has 120 valence electrons. The monoisotopic (exact) mass is 320 g/mol. The fourth-order valence-corrected chi connectivity index (χ4v) is 3.50. The van der Waals surface area contributed by atoms with Gasteiger partial charge in [0.05, 0.1) is 0 Å². The average Bonchev–Trinajstić information content (AvgIpc) is 2.32. The second-order valence-corrected chi connectivity index (χ2v) is 7.55. The van der Waals surface area contributed by atoms with Gasteiger partial charge in [0.1, 0.15) is 4.90 Å². The topological polar surface area (TPSA) is 72.2 Å². The summed E-state index contributed by atoms with van der Waals surface area (Å²) in [7, 11) is -4.14. The maximum atomic E-state index is 13.7. The van der Waals surface area contributed by atoms with E-state index in [2.05, 4.69) is 4.72 Å². The van der Waals surface area contributed by atoms with Crippen LogP contribution in [0.2, 0.25) is 0 Å². The van der Waals surface area contributed by atoms with Crippen LogP contribution in [0.25, 0.3) is 0 Å². The summed E-state index contributed by atoms with van der Waals surface area (Å²) in [6.07, 6.45) is 0. The fraction of sp³-hybridized carbons (Fsp3) is 0.571. The molecule has 0 aliphatic rings. The van der Waals surface area contributed by atoms with Crippen molar-refractivity contribution in [1.29, 1.82) is 0 Å². The lowest BCUT2D eigenvalue weighted by atomic mass is 9.86. The summed E-state index contributed by atoms with van der Waals surface area (Å²) >= 11 is 0. The lowest BCUT2D eigenvalue weighted by molar-refractivity contribution is 0.289. The van der Waals surface area contributed by atoms with E-state index in [1.165, 1.54) is 0 Å². The number of rotatable bonds is 6. The maximum absolute atomic E-state index is 13.7. The molecular formula is C14H22F2N2O2S. The predicted molar refractivity (Wildman–Crippen MR) is 79.1 cm³/mol. The van der Waals surface area contributed by atoms with Crippen LogP contribution in [-0.4, -0.2) is 15.0 Å². The Morgan fingerprint density at radius 1 is 1.14 bits per heavy atom. The average molecular weight is 320 g/mol. The molecule has 0 spiro atoms. The molecule has 7 heteroatoms. The van der Waals surface area contributed by atoms with Gasteiger partial charge in [-0.2, -0.15) is 0 Å². The van der Waals surface area contributed by atoms with Crippen molar-refractivity contribution in [2.24, 2.45) is 17.8 Å². The molecule has 4 nitrogen and oxygen atoms in total. The smallest absolute Gasteiger partial charge is 0.243 e. The van der Waals surface area contributed by atoms with E-state index in [1.54, 1.807) is 0 Å². The first-order chi connectivity index (χ1) is 9.56. The molecular weight excluding hydrogens is 298 g/mol. The van der Waals surface area contributed by atoms with Gasteiger partial charge in [0, 0.05) is 12.2 Å². The van der Waals surface area contributed by atoms with Gasteiger partial charge in [0.2, 0.25) is 10.0 Å². The predicted octanol–water partition coefficient (Wildman–Crippen LogP) is 2.75. The Labute approximate surface area is 124 Å². The van der Waals surface area contributed by atoms with Crippen LogP contribution in [0.1, 0.15) is 27.7 Å². The first-order valence-electron chi connectivity index (χ1n) is 6.80. The summed E-state index contributed by atoms with van der Waals surface area (Å²) < 4.78 is 53.6. The molecule has 21 heavy (non-hydrogen) atoms. The van der Waals surface area contributed by atoms with E-state index in [4.69, 9.17) is 5.73 Å². The summed E-state index contributed by atoms with van der Waals surface area (Å²) in [5.74, 6) is -2.08. The molecule has 0 heterocycles. The van der Waals surface area contributed by atoms with Crippen LogP contribution >= 0.6 is 0 Å². The van der Waals surface area contributed by atoms with Crippen molar-refractivity contribution < 1.29 is 17.2 Å². The Hall–Kier alpha value is -1.21. The fourth-order valence-electron chi connectivity index (χ4n) is 2.30. The zero-order valence-corrected chi connectivity index (χ0v) is 13.5. The van der Waals surface area contributed by atoms with E-state index in [1.807, 2.05) is 27.7 Å². The van der Waals surface area contributed by atoms with Gasteiger partial charge < -0.3 is 5.73 Å². The van der Waals surface area contributed by atoms with Crippen molar-refractivity contribution in [2.45, 2.75) is 32.6 Å². The van der Waals surface area contributed by atoms with Gasteiger partial charge in [-0.25, -0.2) is 21.9 Å². The van der Waals surface area contributed by atoms with Gasteiger partial charge in [-0.05, 0) is 29.9 Å². The molecule has 0 saturated carbocycles. The third kappa shape index (κ3) is 4.38. The molecule has 0 amide bonds. The Morgan fingerprint density at radius 2 is 1.67 bits per heavy atom. The van der Waals surface area contributed by atoms with Crippen LogP contribution in [0.4, 0.5) is 14.5 Å². The van der Waals surface area contributed by atoms with Crippen LogP contribution in [0.5, 0.6) is 0 Å². The highest BCUT2D eigenvalue weighted by Gasteiger charge is 2.25. The highest BCUT2D eigenvalue weighted by molar-refractivity contribution is 7.89. The first-order valence-corrected chi connectivity index (χ1v) is 8.28. The molecule has 1 aromatic carbocycles. The van der Waals surface area contributed by atoms with Crippen LogP contribution in [-0.2, 0) is 10.0 Å². The number of hydrogen-bond donors (Lipinski definition) is 2. The van der Waals surface area contributed by atoms with Gasteiger partial charge in [-0.3, -0.25) is 0 Å². The largest absolute Gasteiger partial charge is 0.399 e. The Balaban J connectivity index is 3.03. The van der Waals surface area contributed by atoms with Crippen LogP contribution in [0.3, 0.4) is 0 Å². The van der Waals surface area contributed by atoms with Gasteiger partial charge in [-0.15, -0.1) is 0 Å². The van der Waals surface area contributed by atoms with E-state index < -0.39 is 26.6 Å². The Kier molecular flexibility index (Phi) is 5.69. The summed E-state index contributed by atoms with van der Waals surface area (Å²) in [6.45, 7) is 8.10. The Bertz CT molecular complexity index is 593. The number of sulfonamides is 1. The van der Waals surface area contributed by atoms with Gasteiger partial charge in [0.25, 0.3) is 0 Å². The SMILES string of the molecule is CC(C)C(CNS(=O)(=O)c1cc(N)cc(F)c1F)C(C)C. The number of benzene rings is 1. The number of nitrogen functional groups attached to an aromatic ring is 1. The lowest BCUT2D eigenvalue weighted by Gasteiger charge is -2.25. The van der Waals surface area contributed by atoms with Crippen molar-refractivity contribution in [1.82, 2.24) is 4.72 Å². The lowest BCUT2D eigenvalue weighted by Crippen LogP contribution is -2.34. The van der Waals surface area contributed by atoms with Crippen LogP contribution in [0.15, 0.2) is 17.0 Å². The summed E-state index contributed by atoms with van der Waals surface area (Å²) in [5, 5.41) is 0. The van der Waals surface area contributed by atoms with E-state index in [0.717, 1.165) is 12.1 Å². The Morgan fingerprint density at radius 3 is 2.14 bits per heavy atom. The number of nitrogens with one attached hydrogen (secondary N) is 1. The van der Waals surface area contributed by atoms with E-state index in [-0.39, 0.29) is 30.0 Å². The minimum absolute atomic E-state index is 0.0914. The van der Waals surface area contributed by atoms with Gasteiger partial charge in [0.15, 0.2) is 11.6 Å². The molecule has 0 radical (unpaired) electrons. The molecule has 0 bridgehead atoms. The molecule has 0 saturated heterocycles. The molecule has 1 aromatic rings. The second-order valence-electron chi connectivity index (χ2n) is 5.82. The van der Waals surface area contributed by atoms with E-state index >= 15 is 0 Å². The molecule has 0 aliphatic carbocycles. The van der Waals surface area contributed by atoms with Gasteiger partial charge >= 0.3 is 0 Å². The number of halogens is 2. The van der Waals surface area contributed by atoms with E-state index in [9.17, 15) is 17.2 Å². The van der Waals surface area contributed by atoms with Crippen molar-refractivity contribution in [3.05, 3.63) is 23.8 Å². The van der Waals surface area contributed by atoms with Crippen molar-refractivity contribution in [3.8, 4) is 0 Å². The number of nitrogens with two attached hydrogens (primary N) is 1. The molecule has 0 unspecified atom stereocenters. The normalized spacial score (nSPS) is 12.6. The molecule has 0 atom stereocenters. The minimum Gasteiger partial charge on any atom is -0.399 e. The maximum Gasteiger partial charge on any atom is 0.243 e. The standard InChI is InChI=1S/C14H22F2N2O2S/c1-8(2)11(9(3)4)7-18-21(19,20)13-6-10(17)5-12(15)14(13)16/h5-6,8-9,11,18H,7,17H2,1-4H3. The summed E-state index contributed by atoms with van der Waals surface area (Å²) in [5.41, 5.74) is 5.24. The van der Waals surface area contributed by atoms with Crippen LogP contribution < -0.4 is 10.5 Å². The van der Waals surface area contributed by atoms with Crippen molar-refractivity contribution in [2.75, 3.05) is 12.3 Å². The highest BCUT2D eigenvalue weighted by Crippen LogP contribution is 2.23. The van der Waals surface area contributed by atoms with Crippen LogP contribution in [0, 0.1) is 29.4 Å². The third-order valence-electron chi connectivity index (χ3n) is 3.53. The number of anilines is 1. The second kappa shape index (κ2) is 6.70. The zero-order valence-electron chi connectivity index (χ0n) is 12.7. The third-order valence-corrected chi connectivity index (χ3v) is 4.95. The van der Waals surface area contributed by atoms with Crippen molar-refractivity contribution >= 4 is 15.7 Å². The molecule has 0 aromatic heterocycles. The van der Waals surface area contributed by atoms with E-state index in [0.29, 0.717) is 0 Å².